The Hall–Kier alpha value is -2.02. The second kappa shape index (κ2) is 6.62. The average Bonchev–Trinajstić information content (AvgIpc) is 3.05. The number of nitrogens with one attached hydrogen (secondary N) is 1. The van der Waals surface area contributed by atoms with Gasteiger partial charge in [-0.3, -0.25) is 4.90 Å². The standard InChI is InChI=1S/C17H18N4OS/c1-3-14(4-2-13(1)12-21-6-8-22-9-7-21)19-17-18-11-16-15(20-17)5-10-23-16/h1-5,10-11H,6-9,12H2,(H,18,19,20). The summed E-state index contributed by atoms with van der Waals surface area (Å²) in [6.45, 7) is 4.66. The number of benzene rings is 1. The van der Waals surface area contributed by atoms with Gasteiger partial charge in [-0.15, -0.1) is 11.3 Å². The predicted molar refractivity (Wildman–Crippen MR) is 93.2 cm³/mol. The molecule has 0 radical (unpaired) electrons. The molecule has 0 bridgehead atoms. The molecule has 0 aliphatic carbocycles. The van der Waals surface area contributed by atoms with Crippen molar-refractivity contribution < 1.29 is 4.74 Å². The van der Waals surface area contributed by atoms with E-state index in [1.807, 2.05) is 17.6 Å². The van der Waals surface area contributed by atoms with Gasteiger partial charge in [-0.2, -0.15) is 0 Å². The van der Waals surface area contributed by atoms with E-state index in [1.54, 1.807) is 11.3 Å². The Labute approximate surface area is 138 Å². The van der Waals surface area contributed by atoms with Crippen LogP contribution < -0.4 is 5.32 Å². The summed E-state index contributed by atoms with van der Waals surface area (Å²) in [6.07, 6.45) is 1.86. The molecule has 0 amide bonds. The number of nitrogens with zero attached hydrogens (tertiary/aromatic N) is 3. The number of fused-ring (bicyclic) bond motifs is 1. The molecule has 1 aliphatic heterocycles. The summed E-state index contributed by atoms with van der Waals surface area (Å²) >= 11 is 1.65. The Morgan fingerprint density at radius 1 is 1.13 bits per heavy atom. The maximum Gasteiger partial charge on any atom is 0.227 e. The van der Waals surface area contributed by atoms with Crippen LogP contribution in [0.1, 0.15) is 5.56 Å². The molecule has 5 nitrogen and oxygen atoms in total. The topological polar surface area (TPSA) is 50.3 Å². The molecule has 0 atom stereocenters. The van der Waals surface area contributed by atoms with Crippen molar-refractivity contribution in [1.29, 1.82) is 0 Å². The number of hydrogen-bond acceptors (Lipinski definition) is 6. The van der Waals surface area contributed by atoms with E-state index < -0.39 is 0 Å². The van der Waals surface area contributed by atoms with Crippen molar-refractivity contribution in [2.75, 3.05) is 31.6 Å². The van der Waals surface area contributed by atoms with Crippen molar-refractivity contribution in [3.8, 4) is 0 Å². The van der Waals surface area contributed by atoms with Crippen LogP contribution >= 0.6 is 11.3 Å². The van der Waals surface area contributed by atoms with E-state index in [9.17, 15) is 0 Å². The Morgan fingerprint density at radius 2 is 1.96 bits per heavy atom. The van der Waals surface area contributed by atoms with Crippen LogP contribution in [-0.2, 0) is 11.3 Å². The minimum absolute atomic E-state index is 0.636. The van der Waals surface area contributed by atoms with Crippen LogP contribution in [0.4, 0.5) is 11.6 Å². The molecule has 1 aromatic carbocycles. The van der Waals surface area contributed by atoms with E-state index in [0.717, 1.165) is 48.8 Å². The van der Waals surface area contributed by atoms with E-state index >= 15 is 0 Å². The molecule has 0 spiro atoms. The fraction of sp³-hybridized carbons (Fsp3) is 0.294. The molecule has 23 heavy (non-hydrogen) atoms. The second-order valence-electron chi connectivity index (χ2n) is 5.57. The summed E-state index contributed by atoms with van der Waals surface area (Å²) in [6, 6.07) is 10.5. The molecule has 3 aromatic rings. The van der Waals surface area contributed by atoms with Crippen molar-refractivity contribution in [1.82, 2.24) is 14.9 Å². The molecular weight excluding hydrogens is 308 g/mol. The third-order valence-corrected chi connectivity index (χ3v) is 4.76. The van der Waals surface area contributed by atoms with Gasteiger partial charge in [0.2, 0.25) is 5.95 Å². The first-order chi connectivity index (χ1) is 11.4. The number of hydrogen-bond donors (Lipinski definition) is 1. The van der Waals surface area contributed by atoms with Gasteiger partial charge in [-0.25, -0.2) is 9.97 Å². The molecular formula is C17H18N4OS. The van der Waals surface area contributed by atoms with Gasteiger partial charge in [0.25, 0.3) is 0 Å². The highest BCUT2D eigenvalue weighted by Crippen LogP contribution is 2.21. The van der Waals surface area contributed by atoms with Crippen LogP contribution in [0.5, 0.6) is 0 Å². The first-order valence-corrected chi connectivity index (χ1v) is 8.61. The third-order valence-electron chi connectivity index (χ3n) is 3.92. The highest BCUT2D eigenvalue weighted by Gasteiger charge is 2.10. The molecule has 3 heterocycles. The lowest BCUT2D eigenvalue weighted by molar-refractivity contribution is 0.0342. The number of aromatic nitrogens is 2. The molecule has 1 fully saturated rings. The van der Waals surface area contributed by atoms with Gasteiger partial charge in [-0.05, 0) is 29.1 Å². The lowest BCUT2D eigenvalue weighted by Crippen LogP contribution is -2.35. The summed E-state index contributed by atoms with van der Waals surface area (Å²) in [4.78, 5) is 11.3. The Kier molecular flexibility index (Phi) is 4.19. The van der Waals surface area contributed by atoms with Gasteiger partial charge >= 0.3 is 0 Å². The van der Waals surface area contributed by atoms with Crippen molar-refractivity contribution >= 4 is 33.2 Å². The first kappa shape index (κ1) is 14.6. The van der Waals surface area contributed by atoms with Gasteiger partial charge in [0.05, 0.1) is 29.6 Å². The zero-order chi connectivity index (χ0) is 15.5. The number of rotatable bonds is 4. The molecule has 2 aromatic heterocycles. The summed E-state index contributed by atoms with van der Waals surface area (Å²) in [5.74, 6) is 0.636. The zero-order valence-corrected chi connectivity index (χ0v) is 13.6. The SMILES string of the molecule is c1cc2nc(Nc3ccc(CN4CCOCC4)cc3)ncc2s1. The fourth-order valence-corrected chi connectivity index (χ4v) is 3.36. The van der Waals surface area contributed by atoms with Crippen molar-refractivity contribution in [3.63, 3.8) is 0 Å². The van der Waals surface area contributed by atoms with Crippen LogP contribution in [0.2, 0.25) is 0 Å². The summed E-state index contributed by atoms with van der Waals surface area (Å²) in [5, 5.41) is 5.30. The summed E-state index contributed by atoms with van der Waals surface area (Å²) < 4.78 is 6.49. The lowest BCUT2D eigenvalue weighted by atomic mass is 10.2. The number of thiophene rings is 1. The quantitative estimate of drug-likeness (QED) is 0.797. The zero-order valence-electron chi connectivity index (χ0n) is 12.7. The predicted octanol–water partition coefficient (Wildman–Crippen LogP) is 3.27. The van der Waals surface area contributed by atoms with Gasteiger partial charge < -0.3 is 10.1 Å². The van der Waals surface area contributed by atoms with Gasteiger partial charge in [0.15, 0.2) is 0 Å². The highest BCUT2D eigenvalue weighted by atomic mass is 32.1. The van der Waals surface area contributed by atoms with Crippen LogP contribution in [0, 0.1) is 0 Å². The largest absolute Gasteiger partial charge is 0.379 e. The average molecular weight is 326 g/mol. The number of ether oxygens (including phenoxy) is 1. The third kappa shape index (κ3) is 3.50. The molecule has 0 unspecified atom stereocenters. The number of anilines is 2. The normalized spacial score (nSPS) is 15.8. The number of morpholine rings is 1. The minimum atomic E-state index is 0.636. The Balaban J connectivity index is 1.42. The second-order valence-corrected chi connectivity index (χ2v) is 6.52. The van der Waals surface area contributed by atoms with Crippen LogP contribution in [-0.4, -0.2) is 41.2 Å². The smallest absolute Gasteiger partial charge is 0.227 e. The van der Waals surface area contributed by atoms with E-state index in [-0.39, 0.29) is 0 Å². The van der Waals surface area contributed by atoms with Gasteiger partial charge in [-0.1, -0.05) is 12.1 Å². The molecule has 0 saturated carbocycles. The van der Waals surface area contributed by atoms with Crippen molar-refractivity contribution in [2.45, 2.75) is 6.54 Å². The fourth-order valence-electron chi connectivity index (χ4n) is 2.67. The van der Waals surface area contributed by atoms with E-state index in [4.69, 9.17) is 4.74 Å². The van der Waals surface area contributed by atoms with E-state index in [2.05, 4.69) is 44.5 Å². The van der Waals surface area contributed by atoms with E-state index in [0.29, 0.717) is 5.95 Å². The van der Waals surface area contributed by atoms with Crippen LogP contribution in [0.25, 0.3) is 10.2 Å². The summed E-state index contributed by atoms with van der Waals surface area (Å²) in [7, 11) is 0. The molecule has 1 saturated heterocycles. The van der Waals surface area contributed by atoms with Crippen molar-refractivity contribution in [2.24, 2.45) is 0 Å². The Morgan fingerprint density at radius 3 is 2.78 bits per heavy atom. The van der Waals surface area contributed by atoms with Crippen LogP contribution in [0.3, 0.4) is 0 Å². The molecule has 1 N–H and O–H groups in total. The molecule has 4 rings (SSSR count). The van der Waals surface area contributed by atoms with Gasteiger partial charge in [0, 0.05) is 25.3 Å². The van der Waals surface area contributed by atoms with Crippen molar-refractivity contribution in [3.05, 3.63) is 47.5 Å². The van der Waals surface area contributed by atoms with Gasteiger partial charge in [0.1, 0.15) is 0 Å². The Bertz CT molecular complexity index is 781. The lowest BCUT2D eigenvalue weighted by Gasteiger charge is -2.26. The highest BCUT2D eigenvalue weighted by molar-refractivity contribution is 7.17. The monoisotopic (exact) mass is 326 g/mol. The first-order valence-electron chi connectivity index (χ1n) is 7.73. The molecule has 118 valence electrons. The van der Waals surface area contributed by atoms with Crippen LogP contribution in [0.15, 0.2) is 41.9 Å². The summed E-state index contributed by atoms with van der Waals surface area (Å²) in [5.41, 5.74) is 3.30. The minimum Gasteiger partial charge on any atom is -0.379 e. The van der Waals surface area contributed by atoms with E-state index in [1.165, 1.54) is 5.56 Å². The maximum absolute atomic E-state index is 5.38. The molecule has 1 aliphatic rings. The maximum atomic E-state index is 5.38. The molecule has 6 heteroatoms.